The first kappa shape index (κ1) is 16.4. The predicted molar refractivity (Wildman–Crippen MR) is 93.1 cm³/mol. The number of halogens is 1. The third-order valence-corrected chi connectivity index (χ3v) is 4.60. The van der Waals surface area contributed by atoms with Crippen molar-refractivity contribution in [1.29, 1.82) is 0 Å². The molecule has 2 aromatic heterocycles. The normalized spacial score (nSPS) is 19.9. The molecular weight excluding hydrogens is 337 g/mol. The predicted octanol–water partition coefficient (Wildman–Crippen LogP) is 2.31. The maximum atomic E-state index is 13.5. The van der Waals surface area contributed by atoms with Crippen LogP contribution in [-0.2, 0) is 10.3 Å². The van der Waals surface area contributed by atoms with E-state index in [1.165, 1.54) is 19.1 Å². The molecule has 0 spiro atoms. The van der Waals surface area contributed by atoms with Gasteiger partial charge in [0, 0.05) is 38.4 Å². The van der Waals surface area contributed by atoms with E-state index in [9.17, 15) is 9.18 Å². The number of nitrogens with one attached hydrogen (secondary N) is 1. The fourth-order valence-corrected chi connectivity index (χ4v) is 3.43. The van der Waals surface area contributed by atoms with Crippen LogP contribution in [0.1, 0.15) is 25.1 Å². The van der Waals surface area contributed by atoms with Gasteiger partial charge in [0.2, 0.25) is 11.8 Å². The lowest BCUT2D eigenvalue weighted by Crippen LogP contribution is -2.48. The number of pyridine rings is 1. The number of hydrogen-bond donors (Lipinski definition) is 1. The first-order valence-corrected chi connectivity index (χ1v) is 8.36. The molecule has 1 saturated heterocycles. The van der Waals surface area contributed by atoms with Crippen LogP contribution in [0.15, 0.2) is 34.9 Å². The molecule has 26 heavy (non-hydrogen) atoms. The van der Waals surface area contributed by atoms with Crippen molar-refractivity contribution in [3.8, 4) is 0 Å². The van der Waals surface area contributed by atoms with E-state index in [1.54, 1.807) is 13.0 Å². The molecule has 1 aliphatic heterocycles. The van der Waals surface area contributed by atoms with Crippen LogP contribution in [0.3, 0.4) is 0 Å². The Bertz CT molecular complexity index is 989. The van der Waals surface area contributed by atoms with Crippen LogP contribution < -0.4 is 10.2 Å². The minimum Gasteiger partial charge on any atom is -0.354 e. The molecule has 3 aromatic rings. The number of benzene rings is 1. The molecule has 134 valence electrons. The van der Waals surface area contributed by atoms with Gasteiger partial charge in [-0.05, 0) is 30.7 Å². The van der Waals surface area contributed by atoms with Gasteiger partial charge in [-0.1, -0.05) is 5.16 Å². The van der Waals surface area contributed by atoms with Gasteiger partial charge in [0.25, 0.3) is 0 Å². The van der Waals surface area contributed by atoms with Gasteiger partial charge in [0.05, 0.1) is 5.52 Å². The van der Waals surface area contributed by atoms with Gasteiger partial charge in [-0.2, -0.15) is 4.98 Å². The van der Waals surface area contributed by atoms with Gasteiger partial charge >= 0.3 is 0 Å². The van der Waals surface area contributed by atoms with E-state index in [0.717, 1.165) is 11.2 Å². The zero-order valence-corrected chi connectivity index (χ0v) is 14.5. The topological polar surface area (TPSA) is 84.2 Å². The molecule has 1 amide bonds. The van der Waals surface area contributed by atoms with E-state index in [-0.39, 0.29) is 11.7 Å². The van der Waals surface area contributed by atoms with Crippen LogP contribution in [-0.4, -0.2) is 34.1 Å². The van der Waals surface area contributed by atoms with Gasteiger partial charge in [-0.15, -0.1) is 0 Å². The Morgan fingerprint density at radius 2 is 2.12 bits per heavy atom. The summed E-state index contributed by atoms with van der Waals surface area (Å²) in [5, 5.41) is 7.86. The number of rotatable bonds is 3. The standard InChI is InChI=1S/C18H18FN5O2/c1-11(25)22-18(17-20-12(2)26-23-17)7-8-24(10-18)16-6-4-13-3-5-14(19)9-15(13)21-16/h3-6,9H,7-8,10H2,1-2H3,(H,22,25)/t18-/m0/s1. The second-order valence-corrected chi connectivity index (χ2v) is 6.58. The third-order valence-electron chi connectivity index (χ3n) is 4.60. The average molecular weight is 355 g/mol. The summed E-state index contributed by atoms with van der Waals surface area (Å²) in [4.78, 5) is 22.7. The molecule has 0 aliphatic carbocycles. The summed E-state index contributed by atoms with van der Waals surface area (Å²) in [5.41, 5.74) is -0.141. The fraction of sp³-hybridized carbons (Fsp3) is 0.333. The SMILES string of the molecule is CC(=O)N[C@@]1(c2noc(C)n2)CCN(c2ccc3ccc(F)cc3n2)C1. The lowest BCUT2D eigenvalue weighted by molar-refractivity contribution is -0.120. The molecule has 0 radical (unpaired) electrons. The molecule has 4 rings (SSSR count). The van der Waals surface area contributed by atoms with Crippen molar-refractivity contribution < 1.29 is 13.7 Å². The molecule has 1 N–H and O–H groups in total. The maximum Gasteiger partial charge on any atom is 0.223 e. The highest BCUT2D eigenvalue weighted by molar-refractivity contribution is 5.80. The van der Waals surface area contributed by atoms with Crippen molar-refractivity contribution in [2.75, 3.05) is 18.0 Å². The number of carbonyl (C=O) groups excluding carboxylic acids is 1. The Hall–Kier alpha value is -3.03. The zero-order chi connectivity index (χ0) is 18.3. The Balaban J connectivity index is 1.68. The van der Waals surface area contributed by atoms with E-state index >= 15 is 0 Å². The van der Waals surface area contributed by atoms with E-state index in [0.29, 0.717) is 36.7 Å². The summed E-state index contributed by atoms with van der Waals surface area (Å²) in [5.74, 6) is 1.14. The van der Waals surface area contributed by atoms with Crippen LogP contribution in [0.25, 0.3) is 10.9 Å². The number of hydrogen-bond acceptors (Lipinski definition) is 6. The van der Waals surface area contributed by atoms with Gasteiger partial charge in [-0.3, -0.25) is 4.79 Å². The van der Waals surface area contributed by atoms with Gasteiger partial charge < -0.3 is 14.7 Å². The summed E-state index contributed by atoms with van der Waals surface area (Å²) in [7, 11) is 0. The summed E-state index contributed by atoms with van der Waals surface area (Å²) in [6.45, 7) is 4.29. The first-order valence-electron chi connectivity index (χ1n) is 8.36. The lowest BCUT2D eigenvalue weighted by atomic mass is 9.97. The zero-order valence-electron chi connectivity index (χ0n) is 14.5. The Morgan fingerprint density at radius 1 is 1.31 bits per heavy atom. The lowest BCUT2D eigenvalue weighted by Gasteiger charge is -2.27. The molecule has 0 bridgehead atoms. The van der Waals surface area contributed by atoms with Crippen LogP contribution in [0.5, 0.6) is 0 Å². The quantitative estimate of drug-likeness (QED) is 0.776. The molecule has 8 heteroatoms. The summed E-state index contributed by atoms with van der Waals surface area (Å²) in [6.07, 6.45) is 0.619. The summed E-state index contributed by atoms with van der Waals surface area (Å²) < 4.78 is 18.6. The van der Waals surface area contributed by atoms with Crippen LogP contribution in [0, 0.1) is 12.7 Å². The van der Waals surface area contributed by atoms with Crippen LogP contribution >= 0.6 is 0 Å². The van der Waals surface area contributed by atoms with Crippen molar-refractivity contribution in [3.05, 3.63) is 47.9 Å². The summed E-state index contributed by atoms with van der Waals surface area (Å²) >= 11 is 0. The minimum atomic E-state index is -0.734. The largest absolute Gasteiger partial charge is 0.354 e. The van der Waals surface area contributed by atoms with Crippen molar-refractivity contribution in [2.45, 2.75) is 25.8 Å². The highest BCUT2D eigenvalue weighted by Crippen LogP contribution is 2.33. The van der Waals surface area contributed by atoms with E-state index in [4.69, 9.17) is 4.52 Å². The second kappa shape index (κ2) is 6.05. The fourth-order valence-electron chi connectivity index (χ4n) is 3.43. The Morgan fingerprint density at radius 3 is 2.85 bits per heavy atom. The number of aryl methyl sites for hydroxylation is 1. The van der Waals surface area contributed by atoms with Crippen molar-refractivity contribution in [1.82, 2.24) is 20.4 Å². The van der Waals surface area contributed by atoms with Gasteiger partial charge in [0.15, 0.2) is 5.82 Å². The van der Waals surface area contributed by atoms with Gasteiger partial charge in [0.1, 0.15) is 17.2 Å². The van der Waals surface area contributed by atoms with E-state index in [1.807, 2.05) is 17.0 Å². The number of carbonyl (C=O) groups is 1. The van der Waals surface area contributed by atoms with Crippen molar-refractivity contribution >= 4 is 22.6 Å². The second-order valence-electron chi connectivity index (χ2n) is 6.58. The summed E-state index contributed by atoms with van der Waals surface area (Å²) in [6, 6.07) is 8.34. The van der Waals surface area contributed by atoms with E-state index in [2.05, 4.69) is 20.4 Å². The molecule has 0 saturated carbocycles. The minimum absolute atomic E-state index is 0.164. The number of anilines is 1. The molecule has 0 unspecified atom stereocenters. The maximum absolute atomic E-state index is 13.5. The number of fused-ring (bicyclic) bond motifs is 1. The monoisotopic (exact) mass is 355 g/mol. The van der Waals surface area contributed by atoms with Gasteiger partial charge in [-0.25, -0.2) is 9.37 Å². The van der Waals surface area contributed by atoms with Crippen LogP contribution in [0.4, 0.5) is 10.2 Å². The smallest absolute Gasteiger partial charge is 0.223 e. The number of aromatic nitrogens is 3. The number of amides is 1. The molecule has 1 fully saturated rings. The molecule has 7 nitrogen and oxygen atoms in total. The molecule has 1 aliphatic rings. The molecule has 1 aromatic carbocycles. The first-order chi connectivity index (χ1) is 12.4. The molecular formula is C18H18FN5O2. The Labute approximate surface area is 149 Å². The van der Waals surface area contributed by atoms with Crippen molar-refractivity contribution in [2.24, 2.45) is 0 Å². The molecule has 3 heterocycles. The number of nitrogens with zero attached hydrogens (tertiary/aromatic N) is 4. The highest BCUT2D eigenvalue weighted by Gasteiger charge is 2.44. The highest BCUT2D eigenvalue weighted by atomic mass is 19.1. The Kier molecular flexibility index (Phi) is 3.82. The van der Waals surface area contributed by atoms with Crippen LogP contribution in [0.2, 0.25) is 0 Å². The average Bonchev–Trinajstić information content (AvgIpc) is 3.21. The van der Waals surface area contributed by atoms with E-state index < -0.39 is 5.54 Å². The third kappa shape index (κ3) is 2.87. The van der Waals surface area contributed by atoms with Crippen molar-refractivity contribution in [3.63, 3.8) is 0 Å². The molecule has 1 atom stereocenters.